The summed E-state index contributed by atoms with van der Waals surface area (Å²) in [5.74, 6) is -0.150. The summed E-state index contributed by atoms with van der Waals surface area (Å²) in [5.41, 5.74) is 8.73. The molecule has 0 fully saturated rings. The molecule has 3 rings (SSSR count). The van der Waals surface area contributed by atoms with Crippen molar-refractivity contribution in [2.45, 2.75) is 25.7 Å². The van der Waals surface area contributed by atoms with Crippen molar-refractivity contribution in [3.8, 4) is 11.6 Å². The predicted octanol–water partition coefficient (Wildman–Crippen LogP) is 3.03. The normalized spacial score (nSPS) is 13.5. The number of nitrogen functional groups attached to an aromatic ring is 1. The quantitative estimate of drug-likeness (QED) is 0.904. The highest BCUT2D eigenvalue weighted by Gasteiger charge is 2.12. The van der Waals surface area contributed by atoms with Crippen LogP contribution in [-0.4, -0.2) is 16.1 Å². The van der Waals surface area contributed by atoms with Gasteiger partial charge in [0.1, 0.15) is 5.75 Å². The molecule has 1 aliphatic carbocycles. The Bertz CT molecular complexity index is 698. The van der Waals surface area contributed by atoms with Gasteiger partial charge in [-0.25, -0.2) is 9.78 Å². The van der Waals surface area contributed by atoms with Gasteiger partial charge >= 0.3 is 5.97 Å². The van der Waals surface area contributed by atoms with Crippen LogP contribution >= 0.6 is 0 Å². The first-order valence-corrected chi connectivity index (χ1v) is 6.92. The summed E-state index contributed by atoms with van der Waals surface area (Å²) >= 11 is 0. The summed E-state index contributed by atoms with van der Waals surface area (Å²) in [6.07, 6.45) is 5.85. The number of pyridine rings is 1. The summed E-state index contributed by atoms with van der Waals surface area (Å²) in [6.45, 7) is 0. The van der Waals surface area contributed by atoms with E-state index in [1.54, 1.807) is 0 Å². The monoisotopic (exact) mass is 284 g/mol. The number of carbonyl (C=O) groups is 1. The maximum Gasteiger partial charge on any atom is 0.337 e. The van der Waals surface area contributed by atoms with Crippen molar-refractivity contribution < 1.29 is 14.6 Å². The third kappa shape index (κ3) is 2.81. The van der Waals surface area contributed by atoms with Gasteiger partial charge in [0.05, 0.1) is 11.3 Å². The van der Waals surface area contributed by atoms with Crippen LogP contribution < -0.4 is 10.5 Å². The summed E-state index contributed by atoms with van der Waals surface area (Å²) in [6, 6.07) is 7.34. The molecule has 5 nitrogen and oxygen atoms in total. The molecule has 108 valence electrons. The molecule has 0 saturated carbocycles. The van der Waals surface area contributed by atoms with Gasteiger partial charge in [-0.05, 0) is 55.0 Å². The summed E-state index contributed by atoms with van der Waals surface area (Å²) < 4.78 is 5.68. The van der Waals surface area contributed by atoms with Crippen molar-refractivity contribution in [2.24, 2.45) is 0 Å². The van der Waals surface area contributed by atoms with E-state index in [1.165, 1.54) is 36.2 Å². The molecule has 3 N–H and O–H groups in total. The topological polar surface area (TPSA) is 85.4 Å². The van der Waals surface area contributed by atoms with Crippen LogP contribution in [0.2, 0.25) is 0 Å². The Balaban J connectivity index is 1.85. The molecule has 0 radical (unpaired) electrons. The zero-order chi connectivity index (χ0) is 14.8. The Kier molecular flexibility index (Phi) is 3.48. The minimum atomic E-state index is -1.06. The third-order valence-corrected chi connectivity index (χ3v) is 3.66. The maximum absolute atomic E-state index is 10.8. The lowest BCUT2D eigenvalue weighted by Gasteiger charge is -2.16. The van der Waals surface area contributed by atoms with Crippen molar-refractivity contribution in [1.29, 1.82) is 0 Å². The van der Waals surface area contributed by atoms with E-state index in [1.807, 2.05) is 12.1 Å². The second kappa shape index (κ2) is 5.44. The lowest BCUT2D eigenvalue weighted by Crippen LogP contribution is -2.04. The first-order valence-electron chi connectivity index (χ1n) is 6.92. The molecular weight excluding hydrogens is 268 g/mol. The van der Waals surface area contributed by atoms with E-state index in [-0.39, 0.29) is 17.1 Å². The molecule has 0 unspecified atom stereocenters. The van der Waals surface area contributed by atoms with Crippen LogP contribution in [0.3, 0.4) is 0 Å². The van der Waals surface area contributed by atoms with Gasteiger partial charge in [-0.2, -0.15) is 0 Å². The van der Waals surface area contributed by atoms with Crippen LogP contribution in [-0.2, 0) is 12.8 Å². The van der Waals surface area contributed by atoms with Gasteiger partial charge < -0.3 is 15.6 Å². The van der Waals surface area contributed by atoms with E-state index in [0.29, 0.717) is 5.75 Å². The zero-order valence-corrected chi connectivity index (χ0v) is 11.5. The smallest absolute Gasteiger partial charge is 0.337 e. The fourth-order valence-electron chi connectivity index (χ4n) is 2.56. The molecule has 0 bridgehead atoms. The Hall–Kier alpha value is -2.56. The molecule has 0 spiro atoms. The SMILES string of the molecule is Nc1cc(C(=O)O)cnc1Oc1ccc2c(c1)CCCC2. The molecule has 1 aromatic carbocycles. The highest BCUT2D eigenvalue weighted by atomic mass is 16.5. The first-order chi connectivity index (χ1) is 10.1. The van der Waals surface area contributed by atoms with Crippen LogP contribution in [0.1, 0.15) is 34.3 Å². The standard InChI is InChI=1S/C16H16N2O3/c17-14-8-12(16(19)20)9-18-15(14)21-13-6-5-10-3-1-2-4-11(10)7-13/h5-9H,1-4,17H2,(H,19,20). The number of hydrogen-bond acceptors (Lipinski definition) is 4. The fraction of sp³-hybridized carbons (Fsp3) is 0.250. The van der Waals surface area contributed by atoms with Crippen LogP contribution in [0.25, 0.3) is 0 Å². The van der Waals surface area contributed by atoms with Crippen LogP contribution in [0.15, 0.2) is 30.5 Å². The lowest BCUT2D eigenvalue weighted by molar-refractivity contribution is 0.0696. The highest BCUT2D eigenvalue weighted by Crippen LogP contribution is 2.30. The van der Waals surface area contributed by atoms with Gasteiger partial charge in [0.25, 0.3) is 0 Å². The third-order valence-electron chi connectivity index (χ3n) is 3.66. The molecular formula is C16H16N2O3. The maximum atomic E-state index is 10.8. The second-order valence-electron chi connectivity index (χ2n) is 5.16. The number of aryl methyl sites for hydroxylation is 2. The molecule has 1 heterocycles. The van der Waals surface area contributed by atoms with Crippen LogP contribution in [0.4, 0.5) is 5.69 Å². The van der Waals surface area contributed by atoms with Crippen LogP contribution in [0.5, 0.6) is 11.6 Å². The number of rotatable bonds is 3. The Labute approximate surface area is 122 Å². The summed E-state index contributed by atoms with van der Waals surface area (Å²) in [4.78, 5) is 14.8. The number of carboxylic acid groups (broad SMARTS) is 1. The minimum absolute atomic E-state index is 0.0466. The number of hydrogen-bond donors (Lipinski definition) is 2. The molecule has 21 heavy (non-hydrogen) atoms. The number of anilines is 1. The minimum Gasteiger partial charge on any atom is -0.478 e. The number of benzene rings is 1. The highest BCUT2D eigenvalue weighted by molar-refractivity contribution is 5.88. The van der Waals surface area contributed by atoms with Gasteiger partial charge in [-0.15, -0.1) is 0 Å². The molecule has 2 aromatic rings. The van der Waals surface area contributed by atoms with E-state index in [2.05, 4.69) is 11.1 Å². The van der Waals surface area contributed by atoms with Gasteiger partial charge in [0.15, 0.2) is 0 Å². The number of aromatic nitrogens is 1. The van der Waals surface area contributed by atoms with Crippen LogP contribution in [0, 0.1) is 0 Å². The molecule has 1 aliphatic rings. The molecule has 0 saturated heterocycles. The average Bonchev–Trinajstić information content (AvgIpc) is 2.49. The van der Waals surface area contributed by atoms with E-state index in [0.717, 1.165) is 12.8 Å². The number of ether oxygens (including phenoxy) is 1. The number of carboxylic acids is 1. The number of nitrogens with zero attached hydrogens (tertiary/aromatic N) is 1. The second-order valence-corrected chi connectivity index (χ2v) is 5.16. The van der Waals surface area contributed by atoms with Crippen molar-refractivity contribution in [1.82, 2.24) is 4.98 Å². The average molecular weight is 284 g/mol. The number of nitrogens with two attached hydrogens (primary N) is 1. The number of aromatic carboxylic acids is 1. The molecule has 0 aliphatic heterocycles. The fourth-order valence-corrected chi connectivity index (χ4v) is 2.56. The Morgan fingerprint density at radius 1 is 1.19 bits per heavy atom. The van der Waals surface area contributed by atoms with Crippen molar-refractivity contribution in [2.75, 3.05) is 5.73 Å². The Morgan fingerprint density at radius 2 is 1.95 bits per heavy atom. The van der Waals surface area contributed by atoms with Crippen molar-refractivity contribution in [3.05, 3.63) is 47.2 Å². The van der Waals surface area contributed by atoms with E-state index in [9.17, 15) is 4.79 Å². The first kappa shape index (κ1) is 13.4. The summed E-state index contributed by atoms with van der Waals surface area (Å²) in [5, 5.41) is 8.89. The predicted molar refractivity (Wildman–Crippen MR) is 78.8 cm³/mol. The lowest BCUT2D eigenvalue weighted by atomic mass is 9.92. The molecule has 1 aromatic heterocycles. The summed E-state index contributed by atoms with van der Waals surface area (Å²) in [7, 11) is 0. The molecule has 0 amide bonds. The van der Waals surface area contributed by atoms with Crippen molar-refractivity contribution in [3.63, 3.8) is 0 Å². The molecule has 0 atom stereocenters. The van der Waals surface area contributed by atoms with Gasteiger partial charge in [0, 0.05) is 6.20 Å². The number of fused-ring (bicyclic) bond motifs is 1. The van der Waals surface area contributed by atoms with Gasteiger partial charge in [-0.1, -0.05) is 6.07 Å². The van der Waals surface area contributed by atoms with E-state index >= 15 is 0 Å². The largest absolute Gasteiger partial charge is 0.478 e. The Morgan fingerprint density at radius 3 is 2.67 bits per heavy atom. The van der Waals surface area contributed by atoms with Gasteiger partial charge in [-0.3, -0.25) is 0 Å². The zero-order valence-electron chi connectivity index (χ0n) is 11.5. The van der Waals surface area contributed by atoms with E-state index in [4.69, 9.17) is 15.6 Å². The van der Waals surface area contributed by atoms with Gasteiger partial charge in [0.2, 0.25) is 5.88 Å². The van der Waals surface area contributed by atoms with E-state index < -0.39 is 5.97 Å². The molecule has 5 heteroatoms. The van der Waals surface area contributed by atoms with Crippen molar-refractivity contribution >= 4 is 11.7 Å².